The molecule has 0 aromatic heterocycles. The molecule has 2 amide bonds. The van der Waals surface area contributed by atoms with Gasteiger partial charge in [0, 0.05) is 12.1 Å². The van der Waals surface area contributed by atoms with E-state index in [1.165, 1.54) is 0 Å². The molecule has 2 aromatic carbocycles. The quantitative estimate of drug-likeness (QED) is 0.901. The summed E-state index contributed by atoms with van der Waals surface area (Å²) in [6, 6.07) is 17.2. The van der Waals surface area contributed by atoms with Gasteiger partial charge < -0.3 is 15.0 Å². The van der Waals surface area contributed by atoms with Crippen LogP contribution in [0.1, 0.15) is 26.3 Å². The average molecular weight is 312 g/mol. The van der Waals surface area contributed by atoms with Crippen LogP contribution in [-0.2, 0) is 6.54 Å². The molecule has 1 N–H and O–H groups in total. The minimum Gasteiger partial charge on any atom is -0.495 e. The Morgan fingerprint density at radius 1 is 1.04 bits per heavy atom. The number of benzene rings is 2. The molecule has 0 atom stereocenters. The Kier molecular flexibility index (Phi) is 5.27. The molecule has 0 unspecified atom stereocenters. The van der Waals surface area contributed by atoms with Gasteiger partial charge in [0.15, 0.2) is 0 Å². The van der Waals surface area contributed by atoms with Crippen LogP contribution in [0.15, 0.2) is 54.6 Å². The topological polar surface area (TPSA) is 41.6 Å². The van der Waals surface area contributed by atoms with E-state index in [4.69, 9.17) is 4.74 Å². The van der Waals surface area contributed by atoms with Crippen molar-refractivity contribution in [2.45, 2.75) is 32.9 Å². The third-order valence-electron chi connectivity index (χ3n) is 3.59. The van der Waals surface area contributed by atoms with Crippen LogP contribution in [0.3, 0.4) is 0 Å². The van der Waals surface area contributed by atoms with Crippen LogP contribution < -0.4 is 10.1 Å². The number of urea groups is 1. The molecular formula is C19H24N2O2. The highest BCUT2D eigenvalue weighted by Crippen LogP contribution is 2.25. The summed E-state index contributed by atoms with van der Waals surface area (Å²) < 4.78 is 5.30. The van der Waals surface area contributed by atoms with Gasteiger partial charge in [0.1, 0.15) is 5.75 Å². The van der Waals surface area contributed by atoms with E-state index in [2.05, 4.69) is 5.32 Å². The Morgan fingerprint density at radius 3 is 2.26 bits per heavy atom. The first kappa shape index (κ1) is 16.9. The lowest BCUT2D eigenvalue weighted by atomic mass is 10.0. The average Bonchev–Trinajstić information content (AvgIpc) is 2.53. The van der Waals surface area contributed by atoms with Crippen molar-refractivity contribution in [1.29, 1.82) is 0 Å². The zero-order valence-corrected chi connectivity index (χ0v) is 14.2. The fraction of sp³-hybridized carbons (Fsp3) is 0.316. The Balaban J connectivity index is 2.20. The number of ether oxygens (including phenoxy) is 1. The number of rotatable bonds is 4. The molecule has 0 aliphatic heterocycles. The summed E-state index contributed by atoms with van der Waals surface area (Å²) in [4.78, 5) is 14.6. The lowest BCUT2D eigenvalue weighted by Crippen LogP contribution is -2.47. The number of hydrogen-bond donors (Lipinski definition) is 1. The van der Waals surface area contributed by atoms with E-state index < -0.39 is 0 Å². The highest BCUT2D eigenvalue weighted by atomic mass is 16.5. The molecule has 2 rings (SSSR count). The molecule has 23 heavy (non-hydrogen) atoms. The lowest BCUT2D eigenvalue weighted by molar-refractivity contribution is 0.151. The van der Waals surface area contributed by atoms with Crippen molar-refractivity contribution in [1.82, 2.24) is 4.90 Å². The molecule has 0 radical (unpaired) electrons. The van der Waals surface area contributed by atoms with Gasteiger partial charge in [-0.05, 0) is 38.5 Å². The van der Waals surface area contributed by atoms with Crippen LogP contribution in [0.25, 0.3) is 0 Å². The molecule has 0 heterocycles. The van der Waals surface area contributed by atoms with Crippen molar-refractivity contribution in [3.05, 3.63) is 60.2 Å². The van der Waals surface area contributed by atoms with Gasteiger partial charge in [0.05, 0.1) is 12.8 Å². The van der Waals surface area contributed by atoms with Crippen molar-refractivity contribution in [3.63, 3.8) is 0 Å². The Bertz CT molecular complexity index is 648. The summed E-state index contributed by atoms with van der Waals surface area (Å²) in [6.45, 7) is 6.62. The van der Waals surface area contributed by atoms with Crippen LogP contribution in [0, 0.1) is 0 Å². The zero-order valence-electron chi connectivity index (χ0n) is 14.2. The number of carbonyl (C=O) groups excluding carboxylic acids is 1. The van der Waals surface area contributed by atoms with E-state index in [1.54, 1.807) is 7.11 Å². The number of amides is 2. The molecule has 0 saturated heterocycles. The van der Waals surface area contributed by atoms with Gasteiger partial charge >= 0.3 is 6.03 Å². The summed E-state index contributed by atoms with van der Waals surface area (Å²) in [5.74, 6) is 0.648. The molecule has 4 nitrogen and oxygen atoms in total. The normalized spacial score (nSPS) is 11.0. The van der Waals surface area contributed by atoms with E-state index in [9.17, 15) is 4.79 Å². The van der Waals surface area contributed by atoms with Gasteiger partial charge in [0.25, 0.3) is 0 Å². The maximum atomic E-state index is 12.8. The Labute approximate surface area is 138 Å². The number of nitrogens with one attached hydrogen (secondary N) is 1. The predicted molar refractivity (Wildman–Crippen MR) is 93.8 cm³/mol. The molecule has 0 aliphatic rings. The Hall–Kier alpha value is -2.49. The smallest absolute Gasteiger partial charge is 0.322 e. The van der Waals surface area contributed by atoms with E-state index in [0.29, 0.717) is 18.0 Å². The third kappa shape index (κ3) is 4.49. The number of hydrogen-bond acceptors (Lipinski definition) is 2. The zero-order chi connectivity index (χ0) is 16.9. The summed E-state index contributed by atoms with van der Waals surface area (Å²) in [5, 5.41) is 2.95. The maximum Gasteiger partial charge on any atom is 0.322 e. The minimum atomic E-state index is -0.304. The van der Waals surface area contributed by atoms with Crippen molar-refractivity contribution < 1.29 is 9.53 Å². The first-order valence-corrected chi connectivity index (χ1v) is 7.67. The van der Waals surface area contributed by atoms with Gasteiger partial charge in [-0.1, -0.05) is 42.5 Å². The number of nitrogens with zero attached hydrogens (tertiary/aromatic N) is 1. The SMILES string of the molecule is COc1ccccc1NC(=O)N(Cc1ccccc1)C(C)(C)C. The van der Waals surface area contributed by atoms with Crippen molar-refractivity contribution in [2.24, 2.45) is 0 Å². The molecular weight excluding hydrogens is 288 g/mol. The van der Waals surface area contributed by atoms with Crippen LogP contribution in [-0.4, -0.2) is 23.6 Å². The first-order valence-electron chi connectivity index (χ1n) is 7.67. The molecule has 122 valence electrons. The van der Waals surface area contributed by atoms with Gasteiger partial charge in [-0.3, -0.25) is 0 Å². The van der Waals surface area contributed by atoms with E-state index in [0.717, 1.165) is 5.56 Å². The molecule has 0 spiro atoms. The van der Waals surface area contributed by atoms with Gasteiger partial charge in [-0.15, -0.1) is 0 Å². The molecule has 0 saturated carbocycles. The predicted octanol–water partition coefficient (Wildman–Crippen LogP) is 4.53. The van der Waals surface area contributed by atoms with Crippen molar-refractivity contribution >= 4 is 11.7 Å². The third-order valence-corrected chi connectivity index (χ3v) is 3.59. The lowest BCUT2D eigenvalue weighted by Gasteiger charge is -2.36. The summed E-state index contributed by atoms with van der Waals surface area (Å²) >= 11 is 0. The second-order valence-electron chi connectivity index (χ2n) is 6.37. The standard InChI is InChI=1S/C19H24N2O2/c1-19(2,3)21(14-15-10-6-5-7-11-15)18(22)20-16-12-8-9-13-17(16)23-4/h5-13H,14H2,1-4H3,(H,20,22). The summed E-state index contributed by atoms with van der Waals surface area (Å²) in [6.07, 6.45) is 0. The maximum absolute atomic E-state index is 12.8. The highest BCUT2D eigenvalue weighted by molar-refractivity contribution is 5.91. The van der Waals surface area contributed by atoms with Gasteiger partial charge in [-0.2, -0.15) is 0 Å². The number of anilines is 1. The second-order valence-corrected chi connectivity index (χ2v) is 6.37. The van der Waals surface area contributed by atoms with E-state index in [-0.39, 0.29) is 11.6 Å². The van der Waals surface area contributed by atoms with Crippen LogP contribution in [0.2, 0.25) is 0 Å². The van der Waals surface area contributed by atoms with Crippen molar-refractivity contribution in [2.75, 3.05) is 12.4 Å². The second kappa shape index (κ2) is 7.18. The van der Waals surface area contributed by atoms with Crippen molar-refractivity contribution in [3.8, 4) is 5.75 Å². The summed E-state index contributed by atoms with van der Waals surface area (Å²) in [7, 11) is 1.59. The van der Waals surface area contributed by atoms with Gasteiger partial charge in [0.2, 0.25) is 0 Å². The molecule has 0 bridgehead atoms. The largest absolute Gasteiger partial charge is 0.495 e. The van der Waals surface area contributed by atoms with Crippen LogP contribution in [0.4, 0.5) is 10.5 Å². The number of para-hydroxylation sites is 2. The first-order chi connectivity index (χ1) is 10.9. The summed E-state index contributed by atoms with van der Waals surface area (Å²) in [5.41, 5.74) is 1.46. The number of methoxy groups -OCH3 is 1. The van der Waals surface area contributed by atoms with E-state index >= 15 is 0 Å². The van der Waals surface area contributed by atoms with Crippen LogP contribution in [0.5, 0.6) is 5.75 Å². The molecule has 2 aromatic rings. The highest BCUT2D eigenvalue weighted by Gasteiger charge is 2.27. The van der Waals surface area contributed by atoms with Gasteiger partial charge in [-0.25, -0.2) is 4.79 Å². The van der Waals surface area contributed by atoms with E-state index in [1.807, 2.05) is 80.3 Å². The fourth-order valence-electron chi connectivity index (χ4n) is 2.31. The number of carbonyl (C=O) groups is 1. The Morgan fingerprint density at radius 2 is 1.65 bits per heavy atom. The van der Waals surface area contributed by atoms with Crippen LogP contribution >= 0.6 is 0 Å². The molecule has 0 aliphatic carbocycles. The molecule has 0 fully saturated rings. The molecule has 4 heteroatoms. The monoisotopic (exact) mass is 312 g/mol. The fourth-order valence-corrected chi connectivity index (χ4v) is 2.31. The minimum absolute atomic E-state index is 0.147.